The normalized spacial score (nSPS) is 22.4. The Bertz CT molecular complexity index is 243. The van der Waals surface area contributed by atoms with Crippen molar-refractivity contribution in [3.8, 4) is 0 Å². The van der Waals surface area contributed by atoms with Gasteiger partial charge in [-0.1, -0.05) is 19.1 Å². The van der Waals surface area contributed by atoms with Crippen molar-refractivity contribution >= 4 is 0 Å². The summed E-state index contributed by atoms with van der Waals surface area (Å²) >= 11 is 0. The van der Waals surface area contributed by atoms with Crippen LogP contribution in [0.5, 0.6) is 0 Å². The Morgan fingerprint density at radius 3 is 2.93 bits per heavy atom. The van der Waals surface area contributed by atoms with Crippen molar-refractivity contribution in [2.24, 2.45) is 0 Å². The summed E-state index contributed by atoms with van der Waals surface area (Å²) in [6.07, 6.45) is 2.14. The first-order chi connectivity index (χ1) is 6.66. The molecule has 80 valence electrons. The van der Waals surface area contributed by atoms with Crippen molar-refractivity contribution in [2.75, 3.05) is 13.2 Å². The molecule has 0 aromatic carbocycles. The van der Waals surface area contributed by atoms with Crippen LogP contribution in [0.25, 0.3) is 0 Å². The Morgan fingerprint density at radius 2 is 2.36 bits per heavy atom. The maximum absolute atomic E-state index is 5.58. The fraction of sp³-hybridized carbons (Fsp3) is 0.667. The molecule has 0 spiro atoms. The van der Waals surface area contributed by atoms with Gasteiger partial charge < -0.3 is 10.1 Å². The summed E-state index contributed by atoms with van der Waals surface area (Å²) in [5.41, 5.74) is 2.68. The maximum atomic E-state index is 5.58. The molecule has 1 aliphatic rings. The minimum atomic E-state index is 0.383. The van der Waals surface area contributed by atoms with Crippen LogP contribution in [0.3, 0.4) is 0 Å². The third-order valence-corrected chi connectivity index (χ3v) is 2.62. The molecule has 0 saturated carbocycles. The molecule has 14 heavy (non-hydrogen) atoms. The Kier molecular flexibility index (Phi) is 4.21. The van der Waals surface area contributed by atoms with E-state index in [0.717, 1.165) is 31.8 Å². The summed E-state index contributed by atoms with van der Waals surface area (Å²) in [7, 11) is 0. The van der Waals surface area contributed by atoms with E-state index in [0.29, 0.717) is 6.04 Å². The summed E-state index contributed by atoms with van der Waals surface area (Å²) in [5.74, 6) is 0.851. The zero-order valence-corrected chi connectivity index (χ0v) is 9.52. The van der Waals surface area contributed by atoms with Crippen LogP contribution in [0.15, 0.2) is 23.5 Å². The highest BCUT2D eigenvalue weighted by atomic mass is 16.5. The summed E-state index contributed by atoms with van der Waals surface area (Å²) in [6, 6.07) is 0.383. The standard InChI is InChI=1S/C12H21NO/c1-5-8-14-11(4)12-9(2)6-7-13-10(12)3/h10,13H,4-8H2,1-3H3. The average Bonchev–Trinajstić information content (AvgIpc) is 2.14. The van der Waals surface area contributed by atoms with Gasteiger partial charge in [0.25, 0.3) is 0 Å². The molecule has 0 aromatic heterocycles. The molecule has 0 fully saturated rings. The first-order valence-electron chi connectivity index (χ1n) is 5.42. The van der Waals surface area contributed by atoms with Gasteiger partial charge in [-0.25, -0.2) is 0 Å². The van der Waals surface area contributed by atoms with E-state index in [1.54, 1.807) is 0 Å². The first kappa shape index (κ1) is 11.3. The van der Waals surface area contributed by atoms with Crippen molar-refractivity contribution in [2.45, 2.75) is 39.7 Å². The lowest BCUT2D eigenvalue weighted by molar-refractivity contribution is 0.216. The molecule has 0 aliphatic carbocycles. The molecule has 0 saturated heterocycles. The van der Waals surface area contributed by atoms with Crippen LogP contribution in [0.1, 0.15) is 33.6 Å². The van der Waals surface area contributed by atoms with Crippen LogP contribution in [0.2, 0.25) is 0 Å². The Morgan fingerprint density at radius 1 is 1.64 bits per heavy atom. The van der Waals surface area contributed by atoms with Crippen LogP contribution in [0.4, 0.5) is 0 Å². The van der Waals surface area contributed by atoms with Crippen LogP contribution >= 0.6 is 0 Å². The van der Waals surface area contributed by atoms with E-state index in [4.69, 9.17) is 4.74 Å². The molecule has 0 radical (unpaired) electrons. The molecule has 0 bridgehead atoms. The zero-order valence-electron chi connectivity index (χ0n) is 9.52. The molecule has 1 aliphatic heterocycles. The van der Waals surface area contributed by atoms with E-state index in [1.165, 1.54) is 11.1 Å². The van der Waals surface area contributed by atoms with Crippen LogP contribution in [-0.4, -0.2) is 19.2 Å². The number of rotatable bonds is 4. The number of nitrogens with one attached hydrogen (secondary N) is 1. The maximum Gasteiger partial charge on any atom is 0.116 e. The lowest BCUT2D eigenvalue weighted by atomic mass is 9.95. The summed E-state index contributed by atoms with van der Waals surface area (Å²) in [5, 5.41) is 3.42. The fourth-order valence-electron chi connectivity index (χ4n) is 1.87. The van der Waals surface area contributed by atoms with E-state index in [1.807, 2.05) is 0 Å². The van der Waals surface area contributed by atoms with E-state index in [9.17, 15) is 0 Å². The summed E-state index contributed by atoms with van der Waals surface area (Å²) < 4.78 is 5.58. The molecular weight excluding hydrogens is 174 g/mol. The highest BCUT2D eigenvalue weighted by molar-refractivity contribution is 5.34. The molecule has 1 unspecified atom stereocenters. The Balaban J connectivity index is 2.67. The van der Waals surface area contributed by atoms with Crippen molar-refractivity contribution in [3.63, 3.8) is 0 Å². The van der Waals surface area contributed by atoms with Gasteiger partial charge >= 0.3 is 0 Å². The van der Waals surface area contributed by atoms with Gasteiger partial charge in [0.2, 0.25) is 0 Å². The first-order valence-corrected chi connectivity index (χ1v) is 5.42. The largest absolute Gasteiger partial charge is 0.494 e. The minimum absolute atomic E-state index is 0.383. The van der Waals surface area contributed by atoms with Crippen molar-refractivity contribution in [1.82, 2.24) is 5.32 Å². The molecule has 1 rings (SSSR count). The van der Waals surface area contributed by atoms with Gasteiger partial charge in [0.1, 0.15) is 5.76 Å². The topological polar surface area (TPSA) is 21.3 Å². The summed E-state index contributed by atoms with van der Waals surface area (Å²) in [4.78, 5) is 0. The fourth-order valence-corrected chi connectivity index (χ4v) is 1.87. The number of ether oxygens (including phenoxy) is 1. The van der Waals surface area contributed by atoms with Gasteiger partial charge in [0.05, 0.1) is 6.61 Å². The monoisotopic (exact) mass is 195 g/mol. The lowest BCUT2D eigenvalue weighted by Gasteiger charge is -2.27. The van der Waals surface area contributed by atoms with E-state index >= 15 is 0 Å². The molecule has 0 amide bonds. The molecular formula is C12H21NO. The van der Waals surface area contributed by atoms with Crippen LogP contribution in [0, 0.1) is 0 Å². The Labute approximate surface area is 87.0 Å². The second kappa shape index (κ2) is 5.20. The lowest BCUT2D eigenvalue weighted by Crippen LogP contribution is -2.34. The smallest absolute Gasteiger partial charge is 0.116 e. The highest BCUT2D eigenvalue weighted by Gasteiger charge is 2.19. The van der Waals surface area contributed by atoms with Crippen LogP contribution in [-0.2, 0) is 4.74 Å². The molecule has 2 heteroatoms. The van der Waals surface area contributed by atoms with Crippen molar-refractivity contribution in [3.05, 3.63) is 23.5 Å². The van der Waals surface area contributed by atoms with E-state index in [2.05, 4.69) is 32.7 Å². The van der Waals surface area contributed by atoms with Gasteiger partial charge in [-0.3, -0.25) is 0 Å². The predicted octanol–water partition coefficient (Wildman–Crippen LogP) is 2.63. The molecule has 1 heterocycles. The molecule has 1 N–H and O–H groups in total. The predicted molar refractivity (Wildman–Crippen MR) is 60.2 cm³/mol. The van der Waals surface area contributed by atoms with Gasteiger partial charge in [-0.2, -0.15) is 0 Å². The SMILES string of the molecule is C=C(OCCC)C1=C(C)CCNC1C. The summed E-state index contributed by atoms with van der Waals surface area (Å²) in [6.45, 7) is 12.3. The molecule has 0 aromatic rings. The van der Waals surface area contributed by atoms with Gasteiger partial charge in [0.15, 0.2) is 0 Å². The number of hydrogen-bond acceptors (Lipinski definition) is 2. The quantitative estimate of drug-likeness (QED) is 0.696. The second-order valence-electron chi connectivity index (χ2n) is 3.89. The van der Waals surface area contributed by atoms with Crippen LogP contribution < -0.4 is 5.32 Å². The average molecular weight is 195 g/mol. The number of hydrogen-bond donors (Lipinski definition) is 1. The Hall–Kier alpha value is -0.760. The van der Waals surface area contributed by atoms with Gasteiger partial charge in [-0.15, -0.1) is 0 Å². The highest BCUT2D eigenvalue weighted by Crippen LogP contribution is 2.23. The van der Waals surface area contributed by atoms with Gasteiger partial charge in [0, 0.05) is 11.6 Å². The van der Waals surface area contributed by atoms with Gasteiger partial charge in [-0.05, 0) is 33.2 Å². The molecule has 1 atom stereocenters. The van der Waals surface area contributed by atoms with E-state index < -0.39 is 0 Å². The third-order valence-electron chi connectivity index (χ3n) is 2.62. The van der Waals surface area contributed by atoms with E-state index in [-0.39, 0.29) is 0 Å². The third kappa shape index (κ3) is 2.61. The minimum Gasteiger partial charge on any atom is -0.494 e. The zero-order chi connectivity index (χ0) is 10.6. The van der Waals surface area contributed by atoms with Crippen molar-refractivity contribution < 1.29 is 4.74 Å². The van der Waals surface area contributed by atoms with Crippen molar-refractivity contribution in [1.29, 1.82) is 0 Å². The second-order valence-corrected chi connectivity index (χ2v) is 3.89. The molecule has 2 nitrogen and oxygen atoms in total.